The van der Waals surface area contributed by atoms with Crippen LogP contribution in [0.5, 0.6) is 0 Å². The first-order valence-electron chi connectivity index (χ1n) is 9.57. The third-order valence-electron chi connectivity index (χ3n) is 4.96. The molecule has 0 unspecified atom stereocenters. The molecule has 0 amide bonds. The zero-order valence-electron chi connectivity index (χ0n) is 16.3. The predicted molar refractivity (Wildman–Crippen MR) is 119 cm³/mol. The van der Waals surface area contributed by atoms with Gasteiger partial charge in [0.25, 0.3) is 10.0 Å². The lowest BCUT2D eigenvalue weighted by Crippen LogP contribution is -2.47. The first-order chi connectivity index (χ1) is 15.1. The highest BCUT2D eigenvalue weighted by Crippen LogP contribution is 2.24. The molecule has 5 rings (SSSR count). The zero-order valence-corrected chi connectivity index (χ0v) is 17.9. The molecule has 158 valence electrons. The van der Waals surface area contributed by atoms with Crippen LogP contribution >= 0.6 is 11.7 Å². The van der Waals surface area contributed by atoms with Gasteiger partial charge in [0.05, 0.1) is 29.8 Å². The maximum atomic E-state index is 12.8. The molecule has 10 nitrogen and oxygen atoms in total. The molecule has 1 aliphatic heterocycles. The minimum Gasteiger partial charge on any atom is -0.353 e. The molecule has 1 aromatic carbocycles. The molecule has 0 aliphatic carbocycles. The first kappa shape index (κ1) is 19.6. The summed E-state index contributed by atoms with van der Waals surface area (Å²) in [6.07, 6.45) is 4.74. The SMILES string of the molecule is O=S(=O)(Nc1cnc(N2CCN(c3ccccn3)CC2)nc1)c1cccc2nsnc12. The van der Waals surface area contributed by atoms with E-state index in [1.807, 2.05) is 18.2 Å². The lowest BCUT2D eigenvalue weighted by Gasteiger charge is -2.35. The molecule has 1 N–H and O–H groups in total. The van der Waals surface area contributed by atoms with Gasteiger partial charge in [-0.1, -0.05) is 12.1 Å². The Hall–Kier alpha value is -3.38. The van der Waals surface area contributed by atoms with Crippen LogP contribution in [0, 0.1) is 0 Å². The van der Waals surface area contributed by atoms with Gasteiger partial charge >= 0.3 is 0 Å². The van der Waals surface area contributed by atoms with E-state index in [1.165, 1.54) is 18.5 Å². The molecule has 0 atom stereocenters. The third kappa shape index (κ3) is 3.99. The number of sulfonamides is 1. The second kappa shape index (κ2) is 8.04. The average molecular weight is 455 g/mol. The second-order valence-electron chi connectivity index (χ2n) is 6.93. The van der Waals surface area contributed by atoms with E-state index < -0.39 is 10.0 Å². The van der Waals surface area contributed by atoms with Crippen molar-refractivity contribution < 1.29 is 8.42 Å². The van der Waals surface area contributed by atoms with E-state index in [-0.39, 0.29) is 10.6 Å². The maximum Gasteiger partial charge on any atom is 0.264 e. The summed E-state index contributed by atoms with van der Waals surface area (Å²) in [6.45, 7) is 3.11. The molecule has 1 saturated heterocycles. The summed E-state index contributed by atoms with van der Waals surface area (Å²) in [7, 11) is -3.84. The second-order valence-corrected chi connectivity index (χ2v) is 9.11. The standard InChI is InChI=1S/C19H18N8O2S2/c28-31(29,16-5-3-4-15-18(16)24-30-23-15)25-14-12-21-19(22-13-14)27-10-8-26(9-11-27)17-6-1-2-7-20-17/h1-7,12-13,25H,8-11H2. The summed E-state index contributed by atoms with van der Waals surface area (Å²) in [5.41, 5.74) is 1.18. The highest BCUT2D eigenvalue weighted by Gasteiger charge is 2.22. The number of hydrogen-bond donors (Lipinski definition) is 1. The fourth-order valence-corrected chi connectivity index (χ4v) is 5.22. The van der Waals surface area contributed by atoms with Crippen LogP contribution in [-0.4, -0.2) is 58.3 Å². The van der Waals surface area contributed by atoms with E-state index in [0.717, 1.165) is 43.7 Å². The van der Waals surface area contributed by atoms with Crippen molar-refractivity contribution >= 4 is 50.2 Å². The Morgan fingerprint density at radius 3 is 2.39 bits per heavy atom. The largest absolute Gasteiger partial charge is 0.353 e. The van der Waals surface area contributed by atoms with Gasteiger partial charge in [0.1, 0.15) is 21.7 Å². The number of hydrogen-bond acceptors (Lipinski definition) is 10. The van der Waals surface area contributed by atoms with Gasteiger partial charge < -0.3 is 9.80 Å². The Morgan fingerprint density at radius 2 is 1.65 bits per heavy atom. The molecular weight excluding hydrogens is 436 g/mol. The molecule has 31 heavy (non-hydrogen) atoms. The molecule has 1 fully saturated rings. The fraction of sp³-hybridized carbons (Fsp3) is 0.211. The Labute approximate surface area is 183 Å². The monoisotopic (exact) mass is 454 g/mol. The number of nitrogens with one attached hydrogen (secondary N) is 1. The van der Waals surface area contributed by atoms with Crippen LogP contribution in [0.15, 0.2) is 59.9 Å². The minimum absolute atomic E-state index is 0.0773. The van der Waals surface area contributed by atoms with Crippen molar-refractivity contribution in [1.29, 1.82) is 0 Å². The van der Waals surface area contributed by atoms with E-state index in [0.29, 0.717) is 17.0 Å². The van der Waals surface area contributed by atoms with Crippen molar-refractivity contribution in [3.8, 4) is 0 Å². The molecule has 0 radical (unpaired) electrons. The number of pyridine rings is 1. The maximum absolute atomic E-state index is 12.8. The summed E-state index contributed by atoms with van der Waals surface area (Å²) >= 11 is 0.976. The number of aromatic nitrogens is 5. The lowest BCUT2D eigenvalue weighted by atomic mass is 10.3. The number of nitrogens with zero attached hydrogens (tertiary/aromatic N) is 7. The first-order valence-corrected chi connectivity index (χ1v) is 11.8. The average Bonchev–Trinajstić information content (AvgIpc) is 3.29. The Balaban J connectivity index is 1.27. The van der Waals surface area contributed by atoms with Gasteiger partial charge in [-0.15, -0.1) is 0 Å². The van der Waals surface area contributed by atoms with Crippen molar-refractivity contribution in [1.82, 2.24) is 23.7 Å². The number of piperazine rings is 1. The number of anilines is 3. The van der Waals surface area contributed by atoms with Crippen LogP contribution in [-0.2, 0) is 10.0 Å². The summed E-state index contributed by atoms with van der Waals surface area (Å²) in [5, 5.41) is 0. The lowest BCUT2D eigenvalue weighted by molar-refractivity contribution is 0.602. The fourth-order valence-electron chi connectivity index (χ4n) is 3.42. The van der Waals surface area contributed by atoms with Gasteiger partial charge in [0, 0.05) is 32.4 Å². The predicted octanol–water partition coefficient (Wildman–Crippen LogP) is 2.00. The highest BCUT2D eigenvalue weighted by molar-refractivity contribution is 7.93. The van der Waals surface area contributed by atoms with Gasteiger partial charge in [-0.25, -0.2) is 23.4 Å². The van der Waals surface area contributed by atoms with Crippen molar-refractivity contribution in [2.75, 3.05) is 40.7 Å². The number of benzene rings is 1. The topological polar surface area (TPSA) is 117 Å². The molecule has 0 saturated carbocycles. The van der Waals surface area contributed by atoms with Gasteiger partial charge in [-0.05, 0) is 24.3 Å². The zero-order chi connectivity index (χ0) is 21.3. The Kier molecular flexibility index (Phi) is 5.08. The molecule has 1 aliphatic rings. The van der Waals surface area contributed by atoms with E-state index in [2.05, 4.69) is 38.2 Å². The Morgan fingerprint density at radius 1 is 0.871 bits per heavy atom. The molecule has 0 spiro atoms. The van der Waals surface area contributed by atoms with Crippen LogP contribution < -0.4 is 14.5 Å². The van der Waals surface area contributed by atoms with E-state index in [4.69, 9.17) is 0 Å². The quantitative estimate of drug-likeness (QED) is 0.483. The van der Waals surface area contributed by atoms with Crippen LogP contribution in [0.3, 0.4) is 0 Å². The van der Waals surface area contributed by atoms with Crippen molar-refractivity contribution in [3.05, 3.63) is 55.0 Å². The number of rotatable bonds is 5. The van der Waals surface area contributed by atoms with Gasteiger partial charge in [0.2, 0.25) is 5.95 Å². The van der Waals surface area contributed by atoms with Gasteiger partial charge in [0.15, 0.2) is 0 Å². The molecular formula is C19H18N8O2S2. The smallest absolute Gasteiger partial charge is 0.264 e. The minimum atomic E-state index is -3.84. The van der Waals surface area contributed by atoms with Gasteiger partial charge in [-0.2, -0.15) is 8.75 Å². The van der Waals surface area contributed by atoms with Crippen LogP contribution in [0.2, 0.25) is 0 Å². The van der Waals surface area contributed by atoms with Crippen molar-refractivity contribution in [2.45, 2.75) is 4.90 Å². The van der Waals surface area contributed by atoms with Crippen molar-refractivity contribution in [2.24, 2.45) is 0 Å². The van der Waals surface area contributed by atoms with Crippen LogP contribution in [0.1, 0.15) is 0 Å². The van der Waals surface area contributed by atoms with Crippen LogP contribution in [0.25, 0.3) is 11.0 Å². The van der Waals surface area contributed by atoms with E-state index in [1.54, 1.807) is 18.3 Å². The van der Waals surface area contributed by atoms with E-state index in [9.17, 15) is 8.42 Å². The molecule has 0 bridgehead atoms. The molecule has 12 heteroatoms. The van der Waals surface area contributed by atoms with E-state index >= 15 is 0 Å². The summed E-state index contributed by atoms with van der Waals surface area (Å²) in [6, 6.07) is 10.7. The number of fused-ring (bicyclic) bond motifs is 1. The highest BCUT2D eigenvalue weighted by atomic mass is 32.2. The van der Waals surface area contributed by atoms with Crippen LogP contribution in [0.4, 0.5) is 17.5 Å². The summed E-state index contributed by atoms with van der Waals surface area (Å²) in [4.78, 5) is 17.5. The molecule has 4 aromatic rings. The molecule has 3 aromatic heterocycles. The van der Waals surface area contributed by atoms with Gasteiger partial charge in [-0.3, -0.25) is 4.72 Å². The summed E-state index contributed by atoms with van der Waals surface area (Å²) in [5.74, 6) is 1.52. The third-order valence-corrected chi connectivity index (χ3v) is 6.92. The Bertz CT molecular complexity index is 1290. The summed E-state index contributed by atoms with van der Waals surface area (Å²) < 4.78 is 36.3. The normalized spacial score (nSPS) is 14.7. The van der Waals surface area contributed by atoms with Crippen molar-refractivity contribution in [3.63, 3.8) is 0 Å². The molecule has 4 heterocycles.